The number of aromatic nitrogens is 1. The van der Waals surface area contributed by atoms with Gasteiger partial charge in [0.05, 0.1) is 10.4 Å². The molecule has 0 bridgehead atoms. The maximum atomic E-state index is 12.3. The van der Waals surface area contributed by atoms with Gasteiger partial charge in [0, 0.05) is 11.9 Å². The van der Waals surface area contributed by atoms with E-state index in [1.165, 1.54) is 0 Å². The maximum Gasteiger partial charge on any atom is 0.240 e. The molecule has 6 heteroatoms. The molecule has 1 N–H and O–H groups in total. The average Bonchev–Trinajstić information content (AvgIpc) is 2.44. The molecule has 0 radical (unpaired) electrons. The second-order valence-electron chi connectivity index (χ2n) is 5.56. The van der Waals surface area contributed by atoms with Gasteiger partial charge in [-0.05, 0) is 42.2 Å². The zero-order chi connectivity index (χ0) is 15.6. The van der Waals surface area contributed by atoms with Gasteiger partial charge < -0.3 is 0 Å². The minimum atomic E-state index is -3.50. The first-order valence-electron chi connectivity index (χ1n) is 6.85. The van der Waals surface area contributed by atoms with Crippen LogP contribution in [0.1, 0.15) is 20.8 Å². The molecule has 2 rings (SSSR count). The van der Waals surface area contributed by atoms with Crippen LogP contribution in [0.25, 0.3) is 10.9 Å². The van der Waals surface area contributed by atoms with Gasteiger partial charge in [-0.1, -0.05) is 32.4 Å². The summed E-state index contributed by atoms with van der Waals surface area (Å²) in [5.74, 6) is 0.705. The van der Waals surface area contributed by atoms with E-state index in [0.717, 1.165) is 5.39 Å². The summed E-state index contributed by atoms with van der Waals surface area (Å²) in [4.78, 5) is 4.39. The van der Waals surface area contributed by atoms with E-state index in [0.29, 0.717) is 23.1 Å². The molecular formula is C15H19ClN2O2S. The molecule has 1 unspecified atom stereocenters. The zero-order valence-electron chi connectivity index (χ0n) is 12.3. The van der Waals surface area contributed by atoms with Crippen LogP contribution in [0.5, 0.6) is 0 Å². The summed E-state index contributed by atoms with van der Waals surface area (Å²) < 4.78 is 27.3. The molecule has 114 valence electrons. The second-order valence-corrected chi connectivity index (χ2v) is 7.72. The monoisotopic (exact) mass is 326 g/mol. The standard InChI is InChI=1S/C15H19ClN2O2S/c1-10(2)11(3)9-17-21(19,20)13-5-6-14-12(8-13)4-7-15(16)18-14/h4-8,10-11,17H,9H2,1-3H3. The van der Waals surface area contributed by atoms with Crippen LogP contribution in [0.15, 0.2) is 35.2 Å². The molecule has 0 aliphatic rings. The molecule has 4 nitrogen and oxygen atoms in total. The summed E-state index contributed by atoms with van der Waals surface area (Å²) in [5, 5.41) is 1.14. The Hall–Kier alpha value is -1.17. The van der Waals surface area contributed by atoms with Gasteiger partial charge >= 0.3 is 0 Å². The van der Waals surface area contributed by atoms with Gasteiger partial charge in [0.25, 0.3) is 0 Å². The number of benzene rings is 1. The Labute approximate surface area is 130 Å². The van der Waals surface area contributed by atoms with Crippen molar-refractivity contribution in [3.8, 4) is 0 Å². The minimum Gasteiger partial charge on any atom is -0.236 e. The van der Waals surface area contributed by atoms with Crippen molar-refractivity contribution in [1.82, 2.24) is 9.71 Å². The molecule has 2 aromatic rings. The first kappa shape index (κ1) is 16.2. The van der Waals surface area contributed by atoms with Crippen LogP contribution in [0.4, 0.5) is 0 Å². The third kappa shape index (κ3) is 3.93. The van der Waals surface area contributed by atoms with Gasteiger partial charge in [-0.2, -0.15) is 0 Å². The summed E-state index contributed by atoms with van der Waals surface area (Å²) in [6, 6.07) is 8.24. The molecule has 0 spiro atoms. The van der Waals surface area contributed by atoms with Crippen LogP contribution in [-0.2, 0) is 10.0 Å². The van der Waals surface area contributed by atoms with E-state index in [-0.39, 0.29) is 10.8 Å². The van der Waals surface area contributed by atoms with E-state index in [1.54, 1.807) is 30.3 Å². The summed E-state index contributed by atoms with van der Waals surface area (Å²) in [6.07, 6.45) is 0. The van der Waals surface area contributed by atoms with Gasteiger partial charge in [-0.3, -0.25) is 0 Å². The second kappa shape index (κ2) is 6.30. The van der Waals surface area contributed by atoms with Crippen LogP contribution in [0.3, 0.4) is 0 Å². The Bertz CT molecular complexity index is 744. The summed E-state index contributed by atoms with van der Waals surface area (Å²) in [5.41, 5.74) is 0.678. The Morgan fingerprint density at radius 2 is 1.90 bits per heavy atom. The zero-order valence-corrected chi connectivity index (χ0v) is 13.9. The number of nitrogens with one attached hydrogen (secondary N) is 1. The van der Waals surface area contributed by atoms with Crippen molar-refractivity contribution in [2.45, 2.75) is 25.7 Å². The summed E-state index contributed by atoms with van der Waals surface area (Å²) in [7, 11) is -3.50. The van der Waals surface area contributed by atoms with E-state index in [1.807, 2.05) is 6.92 Å². The van der Waals surface area contributed by atoms with Gasteiger partial charge in [0.1, 0.15) is 5.15 Å². The third-order valence-electron chi connectivity index (χ3n) is 3.67. The van der Waals surface area contributed by atoms with Crippen molar-refractivity contribution in [1.29, 1.82) is 0 Å². The van der Waals surface area contributed by atoms with Crippen molar-refractivity contribution in [3.63, 3.8) is 0 Å². The fraction of sp³-hybridized carbons (Fsp3) is 0.400. The Kier molecular flexibility index (Phi) is 4.86. The third-order valence-corrected chi connectivity index (χ3v) is 5.30. The molecule has 0 amide bonds. The lowest BCUT2D eigenvalue weighted by atomic mass is 9.99. The quantitative estimate of drug-likeness (QED) is 0.856. The molecule has 21 heavy (non-hydrogen) atoms. The minimum absolute atomic E-state index is 0.245. The summed E-state index contributed by atoms with van der Waals surface area (Å²) >= 11 is 5.82. The highest BCUT2D eigenvalue weighted by molar-refractivity contribution is 7.89. The fourth-order valence-electron chi connectivity index (χ4n) is 1.81. The van der Waals surface area contributed by atoms with E-state index in [2.05, 4.69) is 23.6 Å². The highest BCUT2D eigenvalue weighted by atomic mass is 35.5. The van der Waals surface area contributed by atoms with Crippen LogP contribution in [0, 0.1) is 11.8 Å². The SMILES string of the molecule is CC(C)C(C)CNS(=O)(=O)c1ccc2nc(Cl)ccc2c1. The molecule has 0 aliphatic heterocycles. The van der Waals surface area contributed by atoms with Crippen molar-refractivity contribution in [2.24, 2.45) is 11.8 Å². The highest BCUT2D eigenvalue weighted by Crippen LogP contribution is 2.20. The molecule has 0 saturated carbocycles. The lowest BCUT2D eigenvalue weighted by Gasteiger charge is -2.16. The topological polar surface area (TPSA) is 59.1 Å². The van der Waals surface area contributed by atoms with E-state index in [4.69, 9.17) is 11.6 Å². The van der Waals surface area contributed by atoms with E-state index in [9.17, 15) is 8.42 Å². The van der Waals surface area contributed by atoms with Gasteiger partial charge in [-0.25, -0.2) is 18.1 Å². The lowest BCUT2D eigenvalue weighted by molar-refractivity contribution is 0.414. The molecule has 0 aliphatic carbocycles. The fourth-order valence-corrected chi connectivity index (χ4v) is 3.14. The summed E-state index contributed by atoms with van der Waals surface area (Å²) in [6.45, 7) is 6.60. The molecule has 1 aromatic carbocycles. The number of sulfonamides is 1. The van der Waals surface area contributed by atoms with Crippen LogP contribution in [0.2, 0.25) is 5.15 Å². The number of rotatable bonds is 5. The van der Waals surface area contributed by atoms with Crippen molar-refractivity contribution in [3.05, 3.63) is 35.5 Å². The number of halogens is 1. The van der Waals surface area contributed by atoms with Gasteiger partial charge in [-0.15, -0.1) is 0 Å². The number of pyridine rings is 1. The smallest absolute Gasteiger partial charge is 0.236 e. The van der Waals surface area contributed by atoms with Gasteiger partial charge in [0.2, 0.25) is 10.0 Å². The Morgan fingerprint density at radius 3 is 2.57 bits per heavy atom. The number of hydrogen-bond donors (Lipinski definition) is 1. The number of hydrogen-bond acceptors (Lipinski definition) is 3. The predicted octanol–water partition coefficient (Wildman–Crippen LogP) is 3.46. The first-order valence-corrected chi connectivity index (χ1v) is 8.71. The predicted molar refractivity (Wildman–Crippen MR) is 85.9 cm³/mol. The van der Waals surface area contributed by atoms with Crippen LogP contribution in [-0.4, -0.2) is 19.9 Å². The molecule has 0 saturated heterocycles. The largest absolute Gasteiger partial charge is 0.240 e. The van der Waals surface area contributed by atoms with E-state index < -0.39 is 10.0 Å². The van der Waals surface area contributed by atoms with Crippen molar-refractivity contribution in [2.75, 3.05) is 6.54 Å². The van der Waals surface area contributed by atoms with Crippen LogP contribution < -0.4 is 4.72 Å². The Morgan fingerprint density at radius 1 is 1.19 bits per heavy atom. The molecular weight excluding hydrogens is 308 g/mol. The van der Waals surface area contributed by atoms with Gasteiger partial charge in [0.15, 0.2) is 0 Å². The van der Waals surface area contributed by atoms with E-state index >= 15 is 0 Å². The highest BCUT2D eigenvalue weighted by Gasteiger charge is 2.17. The first-order chi connectivity index (χ1) is 9.79. The molecule has 1 atom stereocenters. The molecule has 1 aromatic heterocycles. The maximum absolute atomic E-state index is 12.3. The van der Waals surface area contributed by atoms with Crippen molar-refractivity contribution < 1.29 is 8.42 Å². The normalized spacial score (nSPS) is 13.8. The average molecular weight is 327 g/mol. The van der Waals surface area contributed by atoms with Crippen LogP contribution >= 0.6 is 11.6 Å². The molecule has 1 heterocycles. The van der Waals surface area contributed by atoms with Crippen molar-refractivity contribution >= 4 is 32.5 Å². The lowest BCUT2D eigenvalue weighted by Crippen LogP contribution is -2.30. The number of nitrogens with zero attached hydrogens (tertiary/aromatic N) is 1. The Balaban J connectivity index is 2.26. The molecule has 0 fully saturated rings. The number of fused-ring (bicyclic) bond motifs is 1.